The van der Waals surface area contributed by atoms with Crippen LogP contribution in [-0.2, 0) is 6.42 Å². The smallest absolute Gasteiger partial charge is 0.162 e. The molecule has 154 valence electrons. The van der Waals surface area contributed by atoms with Crippen molar-refractivity contribution < 1.29 is 13.5 Å². The Morgan fingerprint density at radius 2 is 1.87 bits per heavy atom. The van der Waals surface area contributed by atoms with Gasteiger partial charge in [-0.15, -0.1) is 0 Å². The zero-order valence-electron chi connectivity index (χ0n) is 16.3. The van der Waals surface area contributed by atoms with E-state index in [1.807, 2.05) is 0 Å². The molecule has 0 unspecified atom stereocenters. The van der Waals surface area contributed by atoms with Crippen molar-refractivity contribution in [3.05, 3.63) is 64.7 Å². The van der Waals surface area contributed by atoms with Crippen LogP contribution in [0.25, 0.3) is 22.3 Å². The number of nitrogens with one attached hydrogen (secondary N) is 2. The summed E-state index contributed by atoms with van der Waals surface area (Å²) in [5.41, 5.74) is 3.70. The lowest BCUT2D eigenvalue weighted by atomic mass is 9.95. The number of ether oxygens (including phenoxy) is 1. The molecule has 2 aromatic heterocycles. The minimum Gasteiger partial charge on any atom is -0.496 e. The molecular weight excluding hydrogens is 412 g/mol. The van der Waals surface area contributed by atoms with Crippen LogP contribution in [0.15, 0.2) is 36.9 Å². The van der Waals surface area contributed by atoms with E-state index in [4.69, 9.17) is 16.3 Å². The number of imidazole rings is 1. The monoisotopic (exact) mass is 429 g/mol. The normalized spacial score (nSPS) is 11.1. The van der Waals surface area contributed by atoms with E-state index < -0.39 is 11.6 Å². The van der Waals surface area contributed by atoms with E-state index >= 15 is 0 Å². The molecule has 0 bridgehead atoms. The number of hydrogen-bond acceptors (Lipinski definition) is 5. The molecule has 2 N–H and O–H groups in total. The van der Waals surface area contributed by atoms with Crippen LogP contribution in [0, 0.1) is 18.6 Å². The van der Waals surface area contributed by atoms with Crippen LogP contribution < -0.4 is 10.1 Å². The third-order valence-electron chi connectivity index (χ3n) is 4.81. The fourth-order valence-electron chi connectivity index (χ4n) is 3.45. The molecule has 0 aliphatic carbocycles. The lowest BCUT2D eigenvalue weighted by Gasteiger charge is -2.18. The molecule has 0 fully saturated rings. The molecule has 9 heteroatoms. The zero-order chi connectivity index (χ0) is 21.3. The highest BCUT2D eigenvalue weighted by atomic mass is 35.5. The molecule has 4 aromatic rings. The number of rotatable bonds is 6. The van der Waals surface area contributed by atoms with Crippen molar-refractivity contribution >= 4 is 28.6 Å². The molecule has 2 aromatic carbocycles. The summed E-state index contributed by atoms with van der Waals surface area (Å²) in [7, 11) is 1.52. The Bertz CT molecular complexity index is 1210. The number of benzene rings is 2. The van der Waals surface area contributed by atoms with E-state index in [2.05, 4.69) is 25.3 Å². The summed E-state index contributed by atoms with van der Waals surface area (Å²) in [6, 6.07) is 5.17. The second-order valence-electron chi connectivity index (χ2n) is 6.71. The summed E-state index contributed by atoms with van der Waals surface area (Å²) in [5.74, 6) is -0.204. The average molecular weight is 430 g/mol. The van der Waals surface area contributed by atoms with Gasteiger partial charge in [-0.2, -0.15) is 0 Å². The number of anilines is 1. The van der Waals surface area contributed by atoms with Gasteiger partial charge in [-0.1, -0.05) is 11.6 Å². The number of aromatic amines is 1. The van der Waals surface area contributed by atoms with Crippen molar-refractivity contribution in [2.75, 3.05) is 19.0 Å². The molecule has 0 spiro atoms. The molecule has 30 heavy (non-hydrogen) atoms. The highest BCUT2D eigenvalue weighted by Gasteiger charge is 2.18. The lowest BCUT2D eigenvalue weighted by Crippen LogP contribution is -2.09. The van der Waals surface area contributed by atoms with Crippen LogP contribution in [0.4, 0.5) is 14.6 Å². The Kier molecular flexibility index (Phi) is 5.50. The molecule has 0 saturated carbocycles. The predicted molar refractivity (Wildman–Crippen MR) is 112 cm³/mol. The van der Waals surface area contributed by atoms with Gasteiger partial charge in [0.1, 0.15) is 29.2 Å². The summed E-state index contributed by atoms with van der Waals surface area (Å²) in [5, 5.41) is 3.72. The maximum absolute atomic E-state index is 13.8. The van der Waals surface area contributed by atoms with E-state index in [0.717, 1.165) is 11.6 Å². The van der Waals surface area contributed by atoms with Gasteiger partial charge in [-0.05, 0) is 48.2 Å². The number of hydrogen-bond donors (Lipinski definition) is 2. The Balaban J connectivity index is 1.66. The number of aromatic nitrogens is 4. The van der Waals surface area contributed by atoms with Crippen LogP contribution >= 0.6 is 11.6 Å². The largest absolute Gasteiger partial charge is 0.496 e. The number of methoxy groups -OCH3 is 1. The highest BCUT2D eigenvalue weighted by molar-refractivity contribution is 6.32. The Morgan fingerprint density at radius 1 is 1.10 bits per heavy atom. The standard InChI is InChI=1S/C21H18ClF2N5O/c1-11-16(22)7-12(3-4-25-20-18-21(27-9-26-18)29-10-28-20)19(30-2)17(11)13-5-14(23)8-15(24)6-13/h5-10H,3-4H2,1-2H3,(H2,25,26,27,28,29). The maximum Gasteiger partial charge on any atom is 0.162 e. The van der Waals surface area contributed by atoms with E-state index in [-0.39, 0.29) is 0 Å². The summed E-state index contributed by atoms with van der Waals surface area (Å²) in [4.78, 5) is 15.5. The summed E-state index contributed by atoms with van der Waals surface area (Å²) < 4.78 is 33.3. The van der Waals surface area contributed by atoms with Crippen LogP contribution in [-0.4, -0.2) is 33.6 Å². The Morgan fingerprint density at radius 3 is 2.60 bits per heavy atom. The quantitative estimate of drug-likeness (QED) is 0.455. The fourth-order valence-corrected chi connectivity index (χ4v) is 3.68. The first-order valence-corrected chi connectivity index (χ1v) is 9.56. The van der Waals surface area contributed by atoms with E-state index in [9.17, 15) is 8.78 Å². The number of fused-ring (bicyclic) bond motifs is 1. The number of halogens is 3. The summed E-state index contributed by atoms with van der Waals surface area (Å²) >= 11 is 6.44. The highest BCUT2D eigenvalue weighted by Crippen LogP contribution is 2.40. The maximum atomic E-state index is 13.8. The minimum absolute atomic E-state index is 0.368. The second kappa shape index (κ2) is 8.23. The third-order valence-corrected chi connectivity index (χ3v) is 5.20. The van der Waals surface area contributed by atoms with Crippen LogP contribution in [0.3, 0.4) is 0 Å². The SMILES string of the molecule is COc1c(CCNc2ncnc3[nH]cnc23)cc(Cl)c(C)c1-c1cc(F)cc(F)c1. The van der Waals surface area contributed by atoms with Gasteiger partial charge < -0.3 is 15.0 Å². The summed E-state index contributed by atoms with van der Waals surface area (Å²) in [6.07, 6.45) is 3.53. The van der Waals surface area contributed by atoms with Gasteiger partial charge >= 0.3 is 0 Å². The average Bonchev–Trinajstić information content (AvgIpc) is 3.19. The topological polar surface area (TPSA) is 75.7 Å². The Labute approximate surface area is 176 Å². The van der Waals surface area contributed by atoms with Gasteiger partial charge in [0.25, 0.3) is 0 Å². The van der Waals surface area contributed by atoms with Crippen molar-refractivity contribution in [1.29, 1.82) is 0 Å². The fraction of sp³-hybridized carbons (Fsp3) is 0.190. The number of nitrogens with zero attached hydrogens (tertiary/aromatic N) is 3. The molecule has 0 aliphatic rings. The van der Waals surface area contributed by atoms with Crippen molar-refractivity contribution in [3.63, 3.8) is 0 Å². The van der Waals surface area contributed by atoms with E-state index in [1.54, 1.807) is 19.3 Å². The molecule has 0 atom stereocenters. The van der Waals surface area contributed by atoms with Gasteiger partial charge in [-0.25, -0.2) is 23.7 Å². The van der Waals surface area contributed by atoms with Crippen LogP contribution in [0.5, 0.6) is 5.75 Å². The molecule has 0 saturated heterocycles. The lowest BCUT2D eigenvalue weighted by molar-refractivity contribution is 0.411. The van der Waals surface area contributed by atoms with Crippen molar-refractivity contribution in [1.82, 2.24) is 19.9 Å². The molecular formula is C21H18ClF2N5O. The van der Waals surface area contributed by atoms with Crippen molar-refractivity contribution in [2.24, 2.45) is 0 Å². The van der Waals surface area contributed by atoms with Gasteiger partial charge in [0.05, 0.1) is 13.4 Å². The molecule has 4 rings (SSSR count). The van der Waals surface area contributed by atoms with Gasteiger partial charge in [0.2, 0.25) is 0 Å². The van der Waals surface area contributed by atoms with Gasteiger partial charge in [-0.3, -0.25) is 0 Å². The first kappa shape index (κ1) is 20.0. The molecule has 2 heterocycles. The van der Waals surface area contributed by atoms with E-state index in [1.165, 1.54) is 25.6 Å². The van der Waals surface area contributed by atoms with Crippen molar-refractivity contribution in [3.8, 4) is 16.9 Å². The molecule has 6 nitrogen and oxygen atoms in total. The van der Waals surface area contributed by atoms with Gasteiger partial charge in [0.15, 0.2) is 11.5 Å². The van der Waals surface area contributed by atoms with E-state index in [0.29, 0.717) is 57.4 Å². The third kappa shape index (κ3) is 3.78. The van der Waals surface area contributed by atoms with Gasteiger partial charge in [0, 0.05) is 23.2 Å². The second-order valence-corrected chi connectivity index (χ2v) is 7.11. The predicted octanol–water partition coefficient (Wildman–Crippen LogP) is 4.92. The summed E-state index contributed by atoms with van der Waals surface area (Å²) in [6.45, 7) is 2.30. The van der Waals surface area contributed by atoms with Crippen molar-refractivity contribution in [2.45, 2.75) is 13.3 Å². The molecule has 0 aliphatic heterocycles. The zero-order valence-corrected chi connectivity index (χ0v) is 17.0. The Hall–Kier alpha value is -3.26. The molecule has 0 amide bonds. The number of H-pyrrole nitrogens is 1. The first-order chi connectivity index (χ1) is 14.5. The first-order valence-electron chi connectivity index (χ1n) is 9.18. The molecule has 0 radical (unpaired) electrons. The van der Waals surface area contributed by atoms with Crippen LogP contribution in [0.2, 0.25) is 5.02 Å². The van der Waals surface area contributed by atoms with Crippen LogP contribution in [0.1, 0.15) is 11.1 Å². The minimum atomic E-state index is -0.665.